The summed E-state index contributed by atoms with van der Waals surface area (Å²) < 4.78 is 0. The second kappa shape index (κ2) is 5.55. The molecule has 1 unspecified atom stereocenters. The van der Waals surface area contributed by atoms with Crippen LogP contribution in [0, 0.1) is 11.3 Å². The molecule has 0 spiro atoms. The first-order chi connectivity index (χ1) is 8.23. The Kier molecular flexibility index (Phi) is 4.54. The minimum atomic E-state index is -0.446. The fourth-order valence-corrected chi connectivity index (χ4v) is 2.19. The van der Waals surface area contributed by atoms with Crippen LogP contribution in [-0.2, 0) is 4.79 Å². The maximum Gasteiger partial charge on any atom is 0.242 e. The number of nitrogens with zero attached hydrogens (tertiary/aromatic N) is 2. The molecule has 0 bridgehead atoms. The molecule has 5 nitrogen and oxygen atoms in total. The summed E-state index contributed by atoms with van der Waals surface area (Å²) in [5.74, 6) is -0.132. The van der Waals surface area contributed by atoms with Crippen molar-refractivity contribution in [1.29, 1.82) is 5.26 Å². The van der Waals surface area contributed by atoms with E-state index in [2.05, 4.69) is 15.6 Å². The van der Waals surface area contributed by atoms with Gasteiger partial charge in [-0.3, -0.25) is 4.79 Å². The van der Waals surface area contributed by atoms with Crippen molar-refractivity contribution in [2.45, 2.75) is 39.3 Å². The largest absolute Gasteiger partial charge is 0.350 e. The Labute approximate surface area is 115 Å². The third-order valence-corrected chi connectivity index (χ3v) is 3.20. The van der Waals surface area contributed by atoms with E-state index in [0.29, 0.717) is 10.0 Å². The normalized spacial score (nSPS) is 12.7. The van der Waals surface area contributed by atoms with Gasteiger partial charge in [-0.05, 0) is 27.7 Å². The van der Waals surface area contributed by atoms with Crippen molar-refractivity contribution in [3.05, 3.63) is 10.0 Å². The summed E-state index contributed by atoms with van der Waals surface area (Å²) in [7, 11) is 0. The third-order valence-electron chi connectivity index (χ3n) is 1.92. The van der Waals surface area contributed by atoms with E-state index < -0.39 is 6.04 Å². The van der Waals surface area contributed by atoms with Gasteiger partial charge in [0.25, 0.3) is 0 Å². The molecule has 1 aromatic rings. The lowest BCUT2D eigenvalue weighted by Gasteiger charge is -2.23. The number of thiazole rings is 1. The van der Waals surface area contributed by atoms with Gasteiger partial charge in [-0.15, -0.1) is 0 Å². The molecule has 2 N–H and O–H groups in total. The van der Waals surface area contributed by atoms with Crippen LogP contribution < -0.4 is 10.6 Å². The van der Waals surface area contributed by atoms with Gasteiger partial charge >= 0.3 is 0 Å². The van der Waals surface area contributed by atoms with Crippen LogP contribution in [0.2, 0.25) is 5.15 Å². The first-order valence-corrected chi connectivity index (χ1v) is 6.57. The van der Waals surface area contributed by atoms with E-state index in [4.69, 9.17) is 16.9 Å². The summed E-state index contributed by atoms with van der Waals surface area (Å²) in [5, 5.41) is 15.2. The van der Waals surface area contributed by atoms with Crippen LogP contribution in [0.4, 0.5) is 5.13 Å². The van der Waals surface area contributed by atoms with Crippen LogP contribution in [0.5, 0.6) is 0 Å². The molecule has 0 radical (unpaired) electrons. The van der Waals surface area contributed by atoms with Crippen molar-refractivity contribution in [3.8, 4) is 6.07 Å². The average molecular weight is 287 g/mol. The molecule has 1 atom stereocenters. The number of carbonyl (C=O) groups excluding carboxylic acids is 1. The van der Waals surface area contributed by atoms with Crippen molar-refractivity contribution in [1.82, 2.24) is 10.3 Å². The summed E-state index contributed by atoms with van der Waals surface area (Å²) in [5.41, 5.74) is -0.286. The van der Waals surface area contributed by atoms with Crippen LogP contribution in [-0.4, -0.2) is 22.5 Å². The SMILES string of the molecule is CC(Nc1nc(Cl)c(C#N)s1)C(=O)NC(C)(C)C. The molecule has 0 saturated carbocycles. The number of hydrogen-bond acceptors (Lipinski definition) is 5. The van der Waals surface area contributed by atoms with Gasteiger partial charge in [0.15, 0.2) is 10.3 Å². The maximum absolute atomic E-state index is 11.8. The number of nitriles is 1. The van der Waals surface area contributed by atoms with E-state index in [1.165, 1.54) is 0 Å². The zero-order valence-electron chi connectivity index (χ0n) is 10.7. The number of anilines is 1. The molecule has 1 aromatic heterocycles. The highest BCUT2D eigenvalue weighted by Crippen LogP contribution is 2.26. The fraction of sp³-hybridized carbons (Fsp3) is 0.545. The summed E-state index contributed by atoms with van der Waals surface area (Å²) in [4.78, 5) is 16.1. The van der Waals surface area contributed by atoms with Crippen molar-refractivity contribution in [2.75, 3.05) is 5.32 Å². The molecule has 1 amide bonds. The van der Waals surface area contributed by atoms with E-state index >= 15 is 0 Å². The topological polar surface area (TPSA) is 77.8 Å². The lowest BCUT2D eigenvalue weighted by Crippen LogP contribution is -2.47. The standard InChI is InChI=1S/C11H15ClN4OS/c1-6(9(17)16-11(2,3)4)14-10-15-8(12)7(5-13)18-10/h6H,1-4H3,(H,14,15)(H,16,17). The number of rotatable bonds is 3. The Bertz CT molecular complexity index is 486. The van der Waals surface area contributed by atoms with Gasteiger partial charge in [-0.25, -0.2) is 4.98 Å². The highest BCUT2D eigenvalue weighted by Gasteiger charge is 2.20. The second-order valence-corrected chi connectivity index (χ2v) is 6.21. The van der Waals surface area contributed by atoms with Crippen LogP contribution in [0.1, 0.15) is 32.6 Å². The predicted octanol–water partition coefficient (Wildman–Crippen LogP) is 2.38. The molecule has 0 fully saturated rings. The Hall–Kier alpha value is -1.32. The van der Waals surface area contributed by atoms with Gasteiger partial charge in [0.05, 0.1) is 0 Å². The summed E-state index contributed by atoms with van der Waals surface area (Å²) in [6.45, 7) is 7.45. The summed E-state index contributed by atoms with van der Waals surface area (Å²) in [6, 6.07) is 1.49. The maximum atomic E-state index is 11.8. The van der Waals surface area contributed by atoms with Gasteiger partial charge in [-0.1, -0.05) is 22.9 Å². The Morgan fingerprint density at radius 2 is 2.17 bits per heavy atom. The third kappa shape index (κ3) is 4.17. The van der Waals surface area contributed by atoms with Crippen molar-refractivity contribution >= 4 is 34.0 Å². The van der Waals surface area contributed by atoms with Gasteiger partial charge in [0.2, 0.25) is 5.91 Å². The number of amides is 1. The molecule has 18 heavy (non-hydrogen) atoms. The molecule has 7 heteroatoms. The zero-order chi connectivity index (χ0) is 13.9. The number of hydrogen-bond donors (Lipinski definition) is 2. The molecular formula is C11H15ClN4OS. The fourth-order valence-electron chi connectivity index (χ4n) is 1.16. The molecule has 1 heterocycles. The highest BCUT2D eigenvalue weighted by molar-refractivity contribution is 7.16. The minimum absolute atomic E-state index is 0.132. The second-order valence-electron chi connectivity index (χ2n) is 4.86. The van der Waals surface area contributed by atoms with Gasteiger partial charge in [-0.2, -0.15) is 5.26 Å². The molecule has 0 aliphatic rings. The van der Waals surface area contributed by atoms with Crippen molar-refractivity contribution < 1.29 is 4.79 Å². The molecular weight excluding hydrogens is 272 g/mol. The van der Waals surface area contributed by atoms with E-state index in [1.54, 1.807) is 6.92 Å². The summed E-state index contributed by atoms with van der Waals surface area (Å²) >= 11 is 6.88. The summed E-state index contributed by atoms with van der Waals surface area (Å²) in [6.07, 6.45) is 0. The minimum Gasteiger partial charge on any atom is -0.350 e. The van der Waals surface area contributed by atoms with Gasteiger partial charge in [0.1, 0.15) is 17.0 Å². The van der Waals surface area contributed by atoms with E-state index in [0.717, 1.165) is 11.3 Å². The molecule has 0 saturated heterocycles. The quantitative estimate of drug-likeness (QED) is 0.894. The Morgan fingerprint density at radius 3 is 2.61 bits per heavy atom. The van der Waals surface area contributed by atoms with Gasteiger partial charge in [0, 0.05) is 5.54 Å². The number of nitrogens with one attached hydrogen (secondary N) is 2. The van der Waals surface area contributed by atoms with Crippen molar-refractivity contribution in [2.24, 2.45) is 0 Å². The van der Waals surface area contributed by atoms with E-state index in [1.807, 2.05) is 26.8 Å². The van der Waals surface area contributed by atoms with Crippen LogP contribution in [0.3, 0.4) is 0 Å². The first-order valence-electron chi connectivity index (χ1n) is 5.38. The molecule has 0 aliphatic carbocycles. The molecule has 1 rings (SSSR count). The Balaban J connectivity index is 2.67. The lowest BCUT2D eigenvalue weighted by atomic mass is 10.1. The highest BCUT2D eigenvalue weighted by atomic mass is 35.5. The van der Waals surface area contributed by atoms with Crippen LogP contribution in [0.15, 0.2) is 0 Å². The zero-order valence-corrected chi connectivity index (χ0v) is 12.2. The number of aromatic nitrogens is 1. The van der Waals surface area contributed by atoms with Crippen molar-refractivity contribution in [3.63, 3.8) is 0 Å². The lowest BCUT2D eigenvalue weighted by molar-refractivity contribution is -0.122. The Morgan fingerprint density at radius 1 is 1.56 bits per heavy atom. The van der Waals surface area contributed by atoms with E-state index in [9.17, 15) is 4.79 Å². The number of halogens is 1. The molecule has 0 aliphatic heterocycles. The molecule has 98 valence electrons. The number of carbonyl (C=O) groups is 1. The smallest absolute Gasteiger partial charge is 0.242 e. The van der Waals surface area contributed by atoms with Crippen LogP contribution in [0.25, 0.3) is 0 Å². The van der Waals surface area contributed by atoms with Gasteiger partial charge < -0.3 is 10.6 Å². The average Bonchev–Trinajstić information content (AvgIpc) is 2.56. The first kappa shape index (κ1) is 14.7. The van der Waals surface area contributed by atoms with Crippen LogP contribution >= 0.6 is 22.9 Å². The monoisotopic (exact) mass is 286 g/mol. The van der Waals surface area contributed by atoms with E-state index in [-0.39, 0.29) is 16.6 Å². The molecule has 0 aromatic carbocycles. The predicted molar refractivity (Wildman–Crippen MR) is 72.8 cm³/mol.